The molecule has 0 bridgehead atoms. The first kappa shape index (κ1) is 23.9. The molecule has 0 aliphatic rings. The van der Waals surface area contributed by atoms with Crippen molar-refractivity contribution in [3.8, 4) is 0 Å². The molecule has 0 aliphatic heterocycles. The molecular formula is C21H40O4. The largest absolute Gasteiger partial charge is 0.481 e. The van der Waals surface area contributed by atoms with E-state index in [0.717, 1.165) is 38.5 Å². The second-order valence-electron chi connectivity index (χ2n) is 7.53. The Morgan fingerprint density at radius 1 is 0.760 bits per heavy atom. The fraction of sp³-hybridized carbons (Fsp3) is 0.905. The first-order valence-corrected chi connectivity index (χ1v) is 10.4. The molecule has 0 rings (SSSR count). The third-order valence-electron chi connectivity index (χ3n) is 4.77. The van der Waals surface area contributed by atoms with Crippen molar-refractivity contribution >= 4 is 11.9 Å². The molecule has 0 amide bonds. The van der Waals surface area contributed by atoms with E-state index in [0.29, 0.717) is 0 Å². The Labute approximate surface area is 154 Å². The minimum atomic E-state index is -1.12. The summed E-state index contributed by atoms with van der Waals surface area (Å²) >= 11 is 0. The van der Waals surface area contributed by atoms with Crippen LogP contribution in [0.3, 0.4) is 0 Å². The highest BCUT2D eigenvalue weighted by Crippen LogP contribution is 2.27. The number of carboxylic acid groups (broad SMARTS) is 1. The van der Waals surface area contributed by atoms with Gasteiger partial charge in [-0.25, -0.2) is 0 Å². The molecule has 0 aromatic rings. The summed E-state index contributed by atoms with van der Waals surface area (Å²) in [5.74, 6) is -1.74. The Hall–Kier alpha value is -1.06. The average Bonchev–Trinajstić information content (AvgIpc) is 2.54. The third kappa shape index (κ3) is 14.9. The Morgan fingerprint density at radius 3 is 1.68 bits per heavy atom. The standard InChI is InChI=1S/C21H40O4/c1-4-6-8-9-10-11-12-13-14-15-17-21(3,16-7-5-2)25-20(24)18-19(22)23/h4-18H2,1-3H3,(H,22,23). The Kier molecular flexibility index (Phi) is 14.6. The highest BCUT2D eigenvalue weighted by molar-refractivity contribution is 5.90. The van der Waals surface area contributed by atoms with Crippen molar-refractivity contribution in [3.05, 3.63) is 0 Å². The van der Waals surface area contributed by atoms with Crippen molar-refractivity contribution in [1.82, 2.24) is 0 Å². The lowest BCUT2D eigenvalue weighted by molar-refractivity contribution is -0.163. The van der Waals surface area contributed by atoms with E-state index >= 15 is 0 Å². The quantitative estimate of drug-likeness (QED) is 0.190. The van der Waals surface area contributed by atoms with E-state index < -0.39 is 24.0 Å². The zero-order chi connectivity index (χ0) is 19.0. The van der Waals surface area contributed by atoms with Crippen molar-refractivity contribution in [2.45, 2.75) is 123 Å². The zero-order valence-corrected chi connectivity index (χ0v) is 16.8. The van der Waals surface area contributed by atoms with Gasteiger partial charge >= 0.3 is 11.9 Å². The molecule has 0 aromatic carbocycles. The molecule has 0 aromatic heterocycles. The number of hydrogen-bond acceptors (Lipinski definition) is 3. The van der Waals surface area contributed by atoms with E-state index in [1.807, 2.05) is 6.92 Å². The molecular weight excluding hydrogens is 316 g/mol. The van der Waals surface area contributed by atoms with Crippen LogP contribution in [-0.4, -0.2) is 22.6 Å². The van der Waals surface area contributed by atoms with Crippen LogP contribution < -0.4 is 0 Å². The normalized spacial score (nSPS) is 13.4. The average molecular weight is 357 g/mol. The maximum absolute atomic E-state index is 11.7. The maximum atomic E-state index is 11.7. The Bertz CT molecular complexity index is 354. The van der Waals surface area contributed by atoms with Crippen molar-refractivity contribution < 1.29 is 19.4 Å². The molecule has 0 saturated carbocycles. The number of ether oxygens (including phenoxy) is 1. The molecule has 1 atom stereocenters. The van der Waals surface area contributed by atoms with Crippen LogP contribution in [0.25, 0.3) is 0 Å². The predicted octanol–water partition coefficient (Wildman–Crippen LogP) is 6.26. The van der Waals surface area contributed by atoms with E-state index in [4.69, 9.17) is 9.84 Å². The number of rotatable bonds is 17. The molecule has 1 unspecified atom stereocenters. The molecule has 0 radical (unpaired) electrons. The van der Waals surface area contributed by atoms with Crippen molar-refractivity contribution in [1.29, 1.82) is 0 Å². The highest BCUT2D eigenvalue weighted by atomic mass is 16.6. The monoisotopic (exact) mass is 356 g/mol. The van der Waals surface area contributed by atoms with Crippen LogP contribution in [0.15, 0.2) is 0 Å². The lowest BCUT2D eigenvalue weighted by Crippen LogP contribution is -2.32. The summed E-state index contributed by atoms with van der Waals surface area (Å²) < 4.78 is 5.51. The summed E-state index contributed by atoms with van der Waals surface area (Å²) in [7, 11) is 0. The molecule has 0 saturated heterocycles. The number of aliphatic carboxylic acids is 1. The molecule has 1 N–H and O–H groups in total. The van der Waals surface area contributed by atoms with E-state index in [1.54, 1.807) is 0 Å². The van der Waals surface area contributed by atoms with Gasteiger partial charge in [-0.05, 0) is 32.6 Å². The maximum Gasteiger partial charge on any atom is 0.317 e. The Morgan fingerprint density at radius 2 is 1.20 bits per heavy atom. The van der Waals surface area contributed by atoms with Gasteiger partial charge in [0.2, 0.25) is 0 Å². The topological polar surface area (TPSA) is 63.6 Å². The predicted molar refractivity (Wildman–Crippen MR) is 103 cm³/mol. The van der Waals surface area contributed by atoms with E-state index in [1.165, 1.54) is 51.4 Å². The lowest BCUT2D eigenvalue weighted by Gasteiger charge is -2.29. The van der Waals surface area contributed by atoms with Gasteiger partial charge in [0, 0.05) is 0 Å². The molecule has 4 heteroatoms. The second-order valence-corrected chi connectivity index (χ2v) is 7.53. The fourth-order valence-electron chi connectivity index (χ4n) is 3.20. The van der Waals surface area contributed by atoms with Gasteiger partial charge in [-0.1, -0.05) is 78.1 Å². The van der Waals surface area contributed by atoms with Gasteiger partial charge < -0.3 is 9.84 Å². The van der Waals surface area contributed by atoms with Gasteiger partial charge in [-0.15, -0.1) is 0 Å². The summed E-state index contributed by atoms with van der Waals surface area (Å²) in [6.45, 7) is 6.31. The van der Waals surface area contributed by atoms with Crippen LogP contribution in [0.5, 0.6) is 0 Å². The molecule has 0 aliphatic carbocycles. The number of hydrogen-bond donors (Lipinski definition) is 1. The summed E-state index contributed by atoms with van der Waals surface area (Å²) in [6.07, 6.45) is 15.9. The zero-order valence-electron chi connectivity index (χ0n) is 16.8. The summed E-state index contributed by atoms with van der Waals surface area (Å²) in [5, 5.41) is 8.72. The van der Waals surface area contributed by atoms with E-state index in [9.17, 15) is 9.59 Å². The van der Waals surface area contributed by atoms with Crippen LogP contribution in [-0.2, 0) is 14.3 Å². The number of carbonyl (C=O) groups excluding carboxylic acids is 1. The first-order chi connectivity index (χ1) is 11.9. The summed E-state index contributed by atoms with van der Waals surface area (Å²) in [6, 6.07) is 0. The van der Waals surface area contributed by atoms with Crippen LogP contribution in [0.1, 0.15) is 117 Å². The van der Waals surface area contributed by atoms with Crippen molar-refractivity contribution in [2.24, 2.45) is 0 Å². The fourth-order valence-corrected chi connectivity index (χ4v) is 3.20. The smallest absolute Gasteiger partial charge is 0.317 e. The summed E-state index contributed by atoms with van der Waals surface area (Å²) in [5.41, 5.74) is -0.511. The van der Waals surface area contributed by atoms with Crippen molar-refractivity contribution in [2.75, 3.05) is 0 Å². The minimum absolute atomic E-state index is 0.511. The third-order valence-corrected chi connectivity index (χ3v) is 4.77. The molecule has 148 valence electrons. The minimum Gasteiger partial charge on any atom is -0.481 e. The van der Waals surface area contributed by atoms with E-state index in [2.05, 4.69) is 13.8 Å². The van der Waals surface area contributed by atoms with Crippen LogP contribution in [0.2, 0.25) is 0 Å². The number of carboxylic acids is 1. The SMILES string of the molecule is CCCCCCCCCCCCC(C)(CCCC)OC(=O)CC(=O)O. The Balaban J connectivity index is 3.94. The van der Waals surface area contributed by atoms with Gasteiger partial charge in [0.05, 0.1) is 0 Å². The summed E-state index contributed by atoms with van der Waals surface area (Å²) in [4.78, 5) is 22.4. The number of unbranched alkanes of at least 4 members (excludes halogenated alkanes) is 10. The van der Waals surface area contributed by atoms with Gasteiger partial charge in [-0.3, -0.25) is 9.59 Å². The lowest BCUT2D eigenvalue weighted by atomic mass is 9.91. The van der Waals surface area contributed by atoms with Crippen LogP contribution >= 0.6 is 0 Å². The van der Waals surface area contributed by atoms with Crippen molar-refractivity contribution in [3.63, 3.8) is 0 Å². The second kappa shape index (κ2) is 15.2. The molecule has 0 fully saturated rings. The highest BCUT2D eigenvalue weighted by Gasteiger charge is 2.28. The van der Waals surface area contributed by atoms with Crippen LogP contribution in [0, 0.1) is 0 Å². The van der Waals surface area contributed by atoms with Crippen LogP contribution in [0.4, 0.5) is 0 Å². The van der Waals surface area contributed by atoms with Gasteiger partial charge in [0.1, 0.15) is 12.0 Å². The van der Waals surface area contributed by atoms with E-state index in [-0.39, 0.29) is 0 Å². The number of carbonyl (C=O) groups is 2. The first-order valence-electron chi connectivity index (χ1n) is 10.4. The molecule has 4 nitrogen and oxygen atoms in total. The molecule has 0 spiro atoms. The molecule has 25 heavy (non-hydrogen) atoms. The van der Waals surface area contributed by atoms with Gasteiger partial charge in [0.15, 0.2) is 0 Å². The van der Waals surface area contributed by atoms with Gasteiger partial charge in [-0.2, -0.15) is 0 Å². The van der Waals surface area contributed by atoms with Gasteiger partial charge in [0.25, 0.3) is 0 Å². The molecule has 0 heterocycles. The number of esters is 1.